The van der Waals surface area contributed by atoms with Gasteiger partial charge in [-0.2, -0.15) is 0 Å². The van der Waals surface area contributed by atoms with Gasteiger partial charge in [0.2, 0.25) is 5.91 Å². The predicted molar refractivity (Wildman–Crippen MR) is 73.6 cm³/mol. The monoisotopic (exact) mass is 237 g/mol. The Morgan fingerprint density at radius 1 is 1.06 bits per heavy atom. The van der Waals surface area contributed by atoms with E-state index in [4.69, 9.17) is 0 Å². The zero-order valence-electron chi connectivity index (χ0n) is 10.4. The molecule has 2 heteroatoms. The first-order chi connectivity index (χ1) is 8.74. The van der Waals surface area contributed by atoms with Crippen LogP contribution in [0.5, 0.6) is 0 Å². The number of nitrogens with one attached hydrogen (secondary N) is 1. The molecule has 0 spiro atoms. The molecule has 0 atom stereocenters. The molecule has 0 radical (unpaired) electrons. The van der Waals surface area contributed by atoms with Crippen molar-refractivity contribution in [1.29, 1.82) is 0 Å². The number of benzene rings is 2. The summed E-state index contributed by atoms with van der Waals surface area (Å²) in [6, 6.07) is 14.6. The summed E-state index contributed by atoms with van der Waals surface area (Å²) >= 11 is 0. The van der Waals surface area contributed by atoms with Crippen LogP contribution in [0.2, 0.25) is 0 Å². The molecule has 0 unspecified atom stereocenters. The van der Waals surface area contributed by atoms with Crippen molar-refractivity contribution in [3.63, 3.8) is 0 Å². The van der Waals surface area contributed by atoms with E-state index < -0.39 is 0 Å². The van der Waals surface area contributed by atoms with E-state index in [-0.39, 0.29) is 5.91 Å². The summed E-state index contributed by atoms with van der Waals surface area (Å²) < 4.78 is 0. The zero-order valence-corrected chi connectivity index (χ0v) is 10.4. The van der Waals surface area contributed by atoms with E-state index in [2.05, 4.69) is 42.6 Å². The highest BCUT2D eigenvalue weighted by Crippen LogP contribution is 2.30. The SMILES string of the molecule is Cc1ccccc1-c1ccc2c(c1)NC(=O)CC2. The van der Waals surface area contributed by atoms with E-state index in [1.165, 1.54) is 16.7 Å². The van der Waals surface area contributed by atoms with Crippen molar-refractivity contribution in [2.45, 2.75) is 19.8 Å². The lowest BCUT2D eigenvalue weighted by Gasteiger charge is -2.18. The van der Waals surface area contributed by atoms with Crippen LogP contribution in [0.1, 0.15) is 17.5 Å². The van der Waals surface area contributed by atoms with Crippen LogP contribution >= 0.6 is 0 Å². The minimum absolute atomic E-state index is 0.115. The van der Waals surface area contributed by atoms with Crippen molar-refractivity contribution in [1.82, 2.24) is 0 Å². The molecule has 18 heavy (non-hydrogen) atoms. The third-order valence-corrected chi connectivity index (χ3v) is 3.46. The maximum Gasteiger partial charge on any atom is 0.224 e. The molecule has 0 bridgehead atoms. The number of aryl methyl sites for hydroxylation is 2. The molecule has 3 rings (SSSR count). The van der Waals surface area contributed by atoms with Crippen LogP contribution in [0.3, 0.4) is 0 Å². The smallest absolute Gasteiger partial charge is 0.224 e. The van der Waals surface area contributed by atoms with Gasteiger partial charge >= 0.3 is 0 Å². The lowest BCUT2D eigenvalue weighted by atomic mass is 9.95. The highest BCUT2D eigenvalue weighted by atomic mass is 16.1. The third kappa shape index (κ3) is 1.90. The van der Waals surface area contributed by atoms with Crippen LogP contribution in [-0.4, -0.2) is 5.91 Å². The van der Waals surface area contributed by atoms with E-state index in [0.29, 0.717) is 6.42 Å². The molecule has 0 saturated heterocycles. The highest BCUT2D eigenvalue weighted by molar-refractivity contribution is 5.94. The Bertz CT molecular complexity index is 616. The number of carbonyl (C=O) groups is 1. The van der Waals surface area contributed by atoms with Crippen molar-refractivity contribution in [3.8, 4) is 11.1 Å². The summed E-state index contributed by atoms with van der Waals surface area (Å²) in [5, 5.41) is 2.95. The Morgan fingerprint density at radius 2 is 1.89 bits per heavy atom. The predicted octanol–water partition coefficient (Wildman–Crippen LogP) is 3.55. The number of anilines is 1. The highest BCUT2D eigenvalue weighted by Gasteiger charge is 2.15. The quantitative estimate of drug-likeness (QED) is 0.807. The van der Waals surface area contributed by atoms with Gasteiger partial charge in [-0.05, 0) is 41.7 Å². The van der Waals surface area contributed by atoms with E-state index >= 15 is 0 Å². The summed E-state index contributed by atoms with van der Waals surface area (Å²) in [6.07, 6.45) is 1.44. The van der Waals surface area contributed by atoms with Gasteiger partial charge in [0.1, 0.15) is 0 Å². The summed E-state index contributed by atoms with van der Waals surface area (Å²) in [5.41, 5.74) is 5.83. The molecular formula is C16H15NO. The average molecular weight is 237 g/mol. The number of amides is 1. The Kier molecular flexibility index (Phi) is 2.63. The lowest BCUT2D eigenvalue weighted by molar-refractivity contribution is -0.116. The molecule has 2 aromatic carbocycles. The van der Waals surface area contributed by atoms with Crippen molar-refractivity contribution >= 4 is 11.6 Å². The molecule has 2 aromatic rings. The fourth-order valence-electron chi connectivity index (χ4n) is 2.44. The Hall–Kier alpha value is -2.09. The van der Waals surface area contributed by atoms with Gasteiger partial charge in [0.05, 0.1) is 0 Å². The molecule has 0 aromatic heterocycles. The first kappa shape index (κ1) is 11.0. The van der Waals surface area contributed by atoms with Crippen molar-refractivity contribution in [2.75, 3.05) is 5.32 Å². The molecule has 1 heterocycles. The Labute approximate surface area is 107 Å². The second-order valence-corrected chi connectivity index (χ2v) is 4.74. The topological polar surface area (TPSA) is 29.1 Å². The number of hydrogen-bond acceptors (Lipinski definition) is 1. The van der Waals surface area contributed by atoms with Crippen LogP contribution in [0.25, 0.3) is 11.1 Å². The first-order valence-electron chi connectivity index (χ1n) is 6.23. The van der Waals surface area contributed by atoms with Gasteiger partial charge in [-0.15, -0.1) is 0 Å². The van der Waals surface area contributed by atoms with Crippen molar-refractivity contribution in [3.05, 3.63) is 53.6 Å². The lowest BCUT2D eigenvalue weighted by Crippen LogP contribution is -2.18. The minimum atomic E-state index is 0.115. The number of rotatable bonds is 1. The normalized spacial score (nSPS) is 13.9. The molecule has 1 amide bonds. The van der Waals surface area contributed by atoms with Crippen molar-refractivity contribution in [2.24, 2.45) is 0 Å². The van der Waals surface area contributed by atoms with Gasteiger partial charge in [0.15, 0.2) is 0 Å². The van der Waals surface area contributed by atoms with E-state index in [1.807, 2.05) is 12.1 Å². The van der Waals surface area contributed by atoms with Gasteiger partial charge in [-0.3, -0.25) is 4.79 Å². The molecule has 1 aliphatic heterocycles. The average Bonchev–Trinajstić information content (AvgIpc) is 2.38. The van der Waals surface area contributed by atoms with E-state index in [1.54, 1.807) is 0 Å². The second-order valence-electron chi connectivity index (χ2n) is 4.74. The Morgan fingerprint density at radius 3 is 2.72 bits per heavy atom. The molecule has 1 aliphatic rings. The van der Waals surface area contributed by atoms with Crippen LogP contribution in [0.4, 0.5) is 5.69 Å². The van der Waals surface area contributed by atoms with E-state index in [9.17, 15) is 4.79 Å². The maximum absolute atomic E-state index is 11.4. The molecule has 1 N–H and O–H groups in total. The summed E-state index contributed by atoms with van der Waals surface area (Å²) in [6.45, 7) is 2.10. The maximum atomic E-state index is 11.4. The zero-order chi connectivity index (χ0) is 12.5. The molecule has 90 valence electrons. The van der Waals surface area contributed by atoms with Gasteiger partial charge in [0.25, 0.3) is 0 Å². The minimum Gasteiger partial charge on any atom is -0.326 e. The van der Waals surface area contributed by atoms with Crippen LogP contribution < -0.4 is 5.32 Å². The third-order valence-electron chi connectivity index (χ3n) is 3.46. The van der Waals surface area contributed by atoms with Gasteiger partial charge in [-0.25, -0.2) is 0 Å². The first-order valence-corrected chi connectivity index (χ1v) is 6.23. The van der Waals surface area contributed by atoms with Crippen LogP contribution in [0, 0.1) is 6.92 Å². The largest absolute Gasteiger partial charge is 0.326 e. The summed E-state index contributed by atoms with van der Waals surface area (Å²) in [7, 11) is 0. The summed E-state index contributed by atoms with van der Waals surface area (Å²) in [4.78, 5) is 11.4. The fourth-order valence-corrected chi connectivity index (χ4v) is 2.44. The standard InChI is InChI=1S/C16H15NO/c1-11-4-2-3-5-14(11)13-7-6-12-8-9-16(18)17-15(12)10-13/h2-7,10H,8-9H2,1H3,(H,17,18). The number of carbonyl (C=O) groups excluding carboxylic acids is 1. The fraction of sp³-hybridized carbons (Fsp3) is 0.188. The Balaban J connectivity index is 2.07. The molecular weight excluding hydrogens is 222 g/mol. The molecule has 2 nitrogen and oxygen atoms in total. The summed E-state index contributed by atoms with van der Waals surface area (Å²) in [5.74, 6) is 0.115. The molecule has 0 fully saturated rings. The number of fused-ring (bicyclic) bond motifs is 1. The van der Waals surface area contributed by atoms with Crippen LogP contribution in [-0.2, 0) is 11.2 Å². The molecule has 0 aliphatic carbocycles. The van der Waals surface area contributed by atoms with Crippen LogP contribution in [0.15, 0.2) is 42.5 Å². The van der Waals surface area contributed by atoms with Gasteiger partial charge in [0, 0.05) is 12.1 Å². The van der Waals surface area contributed by atoms with E-state index in [0.717, 1.165) is 17.7 Å². The molecule has 0 saturated carbocycles. The van der Waals surface area contributed by atoms with Gasteiger partial charge in [-0.1, -0.05) is 36.4 Å². The number of hydrogen-bond donors (Lipinski definition) is 1. The second kappa shape index (κ2) is 4.30. The van der Waals surface area contributed by atoms with Gasteiger partial charge < -0.3 is 5.32 Å². The van der Waals surface area contributed by atoms with Crippen molar-refractivity contribution < 1.29 is 4.79 Å².